The fourth-order valence-corrected chi connectivity index (χ4v) is 2.82. The number of benzene rings is 2. The van der Waals surface area contributed by atoms with Crippen molar-refractivity contribution in [3.05, 3.63) is 64.9 Å². The molecular formula is C19H17NO4S. The van der Waals surface area contributed by atoms with Gasteiger partial charge in [0.1, 0.15) is 11.5 Å². The normalized spacial score (nSPS) is 10.2. The number of anilines is 1. The summed E-state index contributed by atoms with van der Waals surface area (Å²) in [5.74, 6) is 2.31. The molecule has 0 unspecified atom stereocenters. The summed E-state index contributed by atoms with van der Waals surface area (Å²) >= 11 is 1.39. The molecular weight excluding hydrogens is 338 g/mol. The number of hydrogen-bond donors (Lipinski definition) is 1. The van der Waals surface area contributed by atoms with Crippen LogP contribution in [0.2, 0.25) is 0 Å². The van der Waals surface area contributed by atoms with Gasteiger partial charge in [-0.2, -0.15) is 0 Å². The van der Waals surface area contributed by atoms with Crippen molar-refractivity contribution in [1.29, 1.82) is 0 Å². The number of amides is 1. The van der Waals surface area contributed by atoms with Crippen LogP contribution >= 0.6 is 11.3 Å². The van der Waals surface area contributed by atoms with Crippen LogP contribution in [0.1, 0.15) is 9.67 Å². The van der Waals surface area contributed by atoms with E-state index in [1.54, 1.807) is 50.6 Å². The molecule has 0 atom stereocenters. The molecule has 1 N–H and O–H groups in total. The van der Waals surface area contributed by atoms with Crippen LogP contribution in [0.4, 0.5) is 5.69 Å². The smallest absolute Gasteiger partial charge is 0.265 e. The van der Waals surface area contributed by atoms with E-state index in [4.69, 9.17) is 14.2 Å². The van der Waals surface area contributed by atoms with Gasteiger partial charge in [-0.25, -0.2) is 0 Å². The minimum Gasteiger partial charge on any atom is -0.497 e. The summed E-state index contributed by atoms with van der Waals surface area (Å²) in [6, 6.07) is 16.1. The van der Waals surface area contributed by atoms with Crippen molar-refractivity contribution in [2.24, 2.45) is 0 Å². The summed E-state index contributed by atoms with van der Waals surface area (Å²) in [5, 5.41) is 4.72. The molecule has 6 heteroatoms. The third-order valence-electron chi connectivity index (χ3n) is 3.45. The van der Waals surface area contributed by atoms with Crippen LogP contribution in [0, 0.1) is 0 Å². The van der Waals surface area contributed by atoms with Gasteiger partial charge in [-0.3, -0.25) is 4.79 Å². The number of rotatable bonds is 6. The maximum absolute atomic E-state index is 12.2. The van der Waals surface area contributed by atoms with Gasteiger partial charge in [0.15, 0.2) is 11.5 Å². The van der Waals surface area contributed by atoms with Gasteiger partial charge in [0.2, 0.25) is 0 Å². The standard InChI is InChI=1S/C19H17NO4S/c1-22-14-6-8-15(9-7-14)24-17-12-13(5-10-16(17)23-2)20-19(21)18-4-3-11-25-18/h3-12H,1-2H3,(H,20,21). The first-order valence-electron chi connectivity index (χ1n) is 7.54. The van der Waals surface area contributed by atoms with Crippen molar-refractivity contribution in [3.63, 3.8) is 0 Å². The summed E-state index contributed by atoms with van der Waals surface area (Å²) in [6.07, 6.45) is 0. The first kappa shape index (κ1) is 16.9. The molecule has 3 aromatic rings. The number of hydrogen-bond acceptors (Lipinski definition) is 5. The maximum atomic E-state index is 12.2. The Morgan fingerprint density at radius 2 is 1.68 bits per heavy atom. The van der Waals surface area contributed by atoms with E-state index >= 15 is 0 Å². The van der Waals surface area contributed by atoms with E-state index in [0.717, 1.165) is 5.75 Å². The predicted octanol–water partition coefficient (Wildman–Crippen LogP) is 4.81. The van der Waals surface area contributed by atoms with Crippen LogP contribution in [0.3, 0.4) is 0 Å². The maximum Gasteiger partial charge on any atom is 0.265 e. The number of methoxy groups -OCH3 is 2. The molecule has 0 radical (unpaired) electrons. The van der Waals surface area contributed by atoms with Gasteiger partial charge >= 0.3 is 0 Å². The Hall–Kier alpha value is -2.99. The molecule has 0 saturated heterocycles. The van der Waals surface area contributed by atoms with Crippen LogP contribution in [0.5, 0.6) is 23.0 Å². The van der Waals surface area contributed by atoms with Crippen LogP contribution in [0.15, 0.2) is 60.0 Å². The van der Waals surface area contributed by atoms with Crippen molar-refractivity contribution in [1.82, 2.24) is 0 Å². The van der Waals surface area contributed by atoms with Crippen molar-refractivity contribution >= 4 is 22.9 Å². The molecule has 0 aliphatic rings. The third kappa shape index (κ3) is 4.10. The molecule has 1 heterocycles. The van der Waals surface area contributed by atoms with Crippen molar-refractivity contribution in [2.45, 2.75) is 0 Å². The highest BCUT2D eigenvalue weighted by Gasteiger charge is 2.11. The molecule has 0 aliphatic heterocycles. The average Bonchev–Trinajstić information content (AvgIpc) is 3.17. The van der Waals surface area contributed by atoms with Crippen molar-refractivity contribution in [3.8, 4) is 23.0 Å². The lowest BCUT2D eigenvalue weighted by atomic mass is 10.2. The zero-order valence-electron chi connectivity index (χ0n) is 13.8. The SMILES string of the molecule is COc1ccc(Oc2cc(NC(=O)c3cccs3)ccc2OC)cc1. The zero-order valence-corrected chi connectivity index (χ0v) is 14.6. The lowest BCUT2D eigenvalue weighted by molar-refractivity contribution is 0.103. The van der Waals surface area contributed by atoms with Crippen molar-refractivity contribution in [2.75, 3.05) is 19.5 Å². The van der Waals surface area contributed by atoms with E-state index in [1.807, 2.05) is 23.6 Å². The number of nitrogens with one attached hydrogen (secondary N) is 1. The fraction of sp³-hybridized carbons (Fsp3) is 0.105. The molecule has 128 valence electrons. The van der Waals surface area contributed by atoms with Crippen LogP contribution in [-0.2, 0) is 0 Å². The van der Waals surface area contributed by atoms with E-state index in [2.05, 4.69) is 5.32 Å². The predicted molar refractivity (Wildman–Crippen MR) is 98.3 cm³/mol. The molecule has 2 aromatic carbocycles. The summed E-state index contributed by atoms with van der Waals surface area (Å²) in [7, 11) is 3.18. The Balaban J connectivity index is 1.80. The average molecular weight is 355 g/mol. The van der Waals surface area contributed by atoms with Gasteiger partial charge in [0.25, 0.3) is 5.91 Å². The zero-order chi connectivity index (χ0) is 17.6. The second-order valence-corrected chi connectivity index (χ2v) is 6.02. The van der Waals surface area contributed by atoms with E-state index in [1.165, 1.54) is 11.3 Å². The largest absolute Gasteiger partial charge is 0.497 e. The number of ether oxygens (including phenoxy) is 3. The summed E-state index contributed by atoms with van der Waals surface area (Å²) in [6.45, 7) is 0. The molecule has 0 fully saturated rings. The summed E-state index contributed by atoms with van der Waals surface area (Å²) < 4.78 is 16.4. The van der Waals surface area contributed by atoms with Gasteiger partial charge < -0.3 is 19.5 Å². The van der Waals surface area contributed by atoms with Gasteiger partial charge in [-0.15, -0.1) is 11.3 Å². The third-order valence-corrected chi connectivity index (χ3v) is 4.32. The van der Waals surface area contributed by atoms with Gasteiger partial charge in [0, 0.05) is 11.8 Å². The molecule has 0 aliphatic carbocycles. The first-order chi connectivity index (χ1) is 12.2. The highest BCUT2D eigenvalue weighted by Crippen LogP contribution is 2.34. The second kappa shape index (κ2) is 7.72. The quantitative estimate of drug-likeness (QED) is 0.689. The Morgan fingerprint density at radius 3 is 2.32 bits per heavy atom. The summed E-state index contributed by atoms with van der Waals surface area (Å²) in [4.78, 5) is 12.8. The van der Waals surface area contributed by atoms with Crippen molar-refractivity contribution < 1.29 is 19.0 Å². The number of thiophene rings is 1. The Morgan fingerprint density at radius 1 is 0.920 bits per heavy atom. The minimum absolute atomic E-state index is 0.157. The highest BCUT2D eigenvalue weighted by molar-refractivity contribution is 7.12. The minimum atomic E-state index is -0.157. The monoisotopic (exact) mass is 355 g/mol. The Bertz CT molecular complexity index is 844. The van der Waals surface area contributed by atoms with Gasteiger partial charge in [0.05, 0.1) is 19.1 Å². The number of carbonyl (C=O) groups is 1. The molecule has 0 bridgehead atoms. The highest BCUT2D eigenvalue weighted by atomic mass is 32.1. The van der Waals surface area contributed by atoms with Crippen LogP contribution in [-0.4, -0.2) is 20.1 Å². The van der Waals surface area contributed by atoms with Gasteiger partial charge in [-0.1, -0.05) is 6.07 Å². The summed E-state index contributed by atoms with van der Waals surface area (Å²) in [5.41, 5.74) is 0.628. The lowest BCUT2D eigenvalue weighted by Crippen LogP contribution is -2.10. The van der Waals surface area contributed by atoms with E-state index in [-0.39, 0.29) is 5.91 Å². The molecule has 0 spiro atoms. The fourth-order valence-electron chi connectivity index (χ4n) is 2.21. The molecule has 1 amide bonds. The molecule has 3 rings (SSSR count). The Kier molecular flexibility index (Phi) is 5.20. The molecule has 0 saturated carbocycles. The van der Waals surface area contributed by atoms with E-state index in [9.17, 15) is 4.79 Å². The van der Waals surface area contributed by atoms with E-state index in [0.29, 0.717) is 27.8 Å². The number of carbonyl (C=O) groups excluding carboxylic acids is 1. The first-order valence-corrected chi connectivity index (χ1v) is 8.42. The van der Waals surface area contributed by atoms with Crippen LogP contribution < -0.4 is 19.5 Å². The van der Waals surface area contributed by atoms with E-state index < -0.39 is 0 Å². The topological polar surface area (TPSA) is 56.8 Å². The lowest BCUT2D eigenvalue weighted by Gasteiger charge is -2.13. The molecule has 25 heavy (non-hydrogen) atoms. The molecule has 1 aromatic heterocycles. The Labute approximate surface area is 149 Å². The second-order valence-electron chi connectivity index (χ2n) is 5.07. The van der Waals surface area contributed by atoms with Crippen LogP contribution in [0.25, 0.3) is 0 Å². The van der Waals surface area contributed by atoms with Gasteiger partial charge in [-0.05, 0) is 47.8 Å². The molecule has 5 nitrogen and oxygen atoms in total.